The number of aryl methyl sites for hydroxylation is 2. The normalized spacial score (nSPS) is 15.7. The number of aromatic nitrogens is 1. The standard InChI is InChI=1S/C21H29N3O3S/c1-15-19(16(2)27-23-15)14-28-20-6-4-3-5-18(20)21(26)22-13-17-7-9-24(10-8-17)11-12-25/h3-6,17,25H,7-14H2,1-2H3,(H,22,26). The van der Waals surface area contributed by atoms with Crippen LogP contribution in [0.1, 0.15) is 40.2 Å². The molecule has 0 unspecified atom stereocenters. The van der Waals surface area contributed by atoms with Crippen LogP contribution in [-0.2, 0) is 5.75 Å². The van der Waals surface area contributed by atoms with E-state index in [1.807, 2.05) is 38.1 Å². The highest BCUT2D eigenvalue weighted by atomic mass is 32.2. The van der Waals surface area contributed by atoms with E-state index in [-0.39, 0.29) is 12.5 Å². The average molecular weight is 404 g/mol. The van der Waals surface area contributed by atoms with E-state index in [2.05, 4.69) is 15.4 Å². The van der Waals surface area contributed by atoms with E-state index in [9.17, 15) is 4.79 Å². The van der Waals surface area contributed by atoms with Crippen LogP contribution in [0.4, 0.5) is 0 Å². The molecule has 28 heavy (non-hydrogen) atoms. The number of amides is 1. The SMILES string of the molecule is Cc1noc(C)c1CSc1ccccc1C(=O)NCC1CCN(CCO)CC1. The molecule has 6 nitrogen and oxygen atoms in total. The molecule has 0 saturated carbocycles. The van der Waals surface area contributed by atoms with Gasteiger partial charge in [-0.25, -0.2) is 0 Å². The van der Waals surface area contributed by atoms with Gasteiger partial charge in [0, 0.05) is 29.3 Å². The molecule has 1 aliphatic rings. The topological polar surface area (TPSA) is 78.6 Å². The number of rotatable bonds is 8. The number of carbonyl (C=O) groups is 1. The van der Waals surface area contributed by atoms with Gasteiger partial charge in [-0.3, -0.25) is 4.79 Å². The van der Waals surface area contributed by atoms with Crippen LogP contribution in [-0.4, -0.2) is 53.9 Å². The average Bonchev–Trinajstić information content (AvgIpc) is 3.03. The molecule has 2 heterocycles. The Balaban J connectivity index is 1.54. The predicted octanol–water partition coefficient (Wildman–Crippen LogP) is 3.02. The first-order chi connectivity index (χ1) is 13.6. The molecule has 1 aromatic heterocycles. The maximum Gasteiger partial charge on any atom is 0.252 e. The van der Waals surface area contributed by atoms with Crippen molar-refractivity contribution in [3.05, 3.63) is 46.8 Å². The monoisotopic (exact) mass is 403 g/mol. The summed E-state index contributed by atoms with van der Waals surface area (Å²) in [5.74, 6) is 2.05. The lowest BCUT2D eigenvalue weighted by Gasteiger charge is -2.31. The van der Waals surface area contributed by atoms with E-state index in [1.165, 1.54) is 0 Å². The Morgan fingerprint density at radius 2 is 2.07 bits per heavy atom. The van der Waals surface area contributed by atoms with Crippen molar-refractivity contribution in [2.45, 2.75) is 37.3 Å². The highest BCUT2D eigenvalue weighted by molar-refractivity contribution is 7.98. The molecule has 0 aliphatic carbocycles. The molecular weight excluding hydrogens is 374 g/mol. The van der Waals surface area contributed by atoms with E-state index < -0.39 is 0 Å². The maximum atomic E-state index is 12.8. The lowest BCUT2D eigenvalue weighted by atomic mass is 9.96. The number of likely N-dealkylation sites (tertiary alicyclic amines) is 1. The van der Waals surface area contributed by atoms with Gasteiger partial charge in [-0.2, -0.15) is 0 Å². The lowest BCUT2D eigenvalue weighted by molar-refractivity contribution is 0.0930. The van der Waals surface area contributed by atoms with Gasteiger partial charge in [-0.15, -0.1) is 11.8 Å². The lowest BCUT2D eigenvalue weighted by Crippen LogP contribution is -2.39. The van der Waals surface area contributed by atoms with Gasteiger partial charge in [0.1, 0.15) is 5.76 Å². The van der Waals surface area contributed by atoms with Crippen molar-refractivity contribution < 1.29 is 14.4 Å². The van der Waals surface area contributed by atoms with Crippen molar-refractivity contribution in [1.29, 1.82) is 0 Å². The number of hydrogen-bond acceptors (Lipinski definition) is 6. The highest BCUT2D eigenvalue weighted by Gasteiger charge is 2.20. The molecule has 152 valence electrons. The summed E-state index contributed by atoms with van der Waals surface area (Å²) in [6, 6.07) is 7.74. The molecule has 1 amide bonds. The van der Waals surface area contributed by atoms with Crippen molar-refractivity contribution in [2.24, 2.45) is 5.92 Å². The number of aliphatic hydroxyl groups is 1. The number of piperidine rings is 1. The predicted molar refractivity (Wildman–Crippen MR) is 111 cm³/mol. The van der Waals surface area contributed by atoms with Gasteiger partial charge in [0.15, 0.2) is 0 Å². The van der Waals surface area contributed by atoms with Gasteiger partial charge in [-0.1, -0.05) is 17.3 Å². The molecule has 2 aromatic rings. The minimum Gasteiger partial charge on any atom is -0.395 e. The first-order valence-corrected chi connectivity index (χ1v) is 10.8. The fourth-order valence-corrected chi connectivity index (χ4v) is 4.73. The Labute approximate surface area is 170 Å². The second kappa shape index (κ2) is 10.1. The zero-order chi connectivity index (χ0) is 19.9. The zero-order valence-corrected chi connectivity index (χ0v) is 17.4. The van der Waals surface area contributed by atoms with Gasteiger partial charge in [0.2, 0.25) is 0 Å². The number of thioether (sulfide) groups is 1. The van der Waals surface area contributed by atoms with Crippen molar-refractivity contribution in [2.75, 3.05) is 32.8 Å². The van der Waals surface area contributed by atoms with Gasteiger partial charge in [0.05, 0.1) is 17.9 Å². The second-order valence-corrected chi connectivity index (χ2v) is 8.32. The quantitative estimate of drug-likeness (QED) is 0.660. The van der Waals surface area contributed by atoms with Crippen LogP contribution < -0.4 is 5.32 Å². The van der Waals surface area contributed by atoms with E-state index in [1.54, 1.807) is 11.8 Å². The Morgan fingerprint density at radius 3 is 2.75 bits per heavy atom. The molecule has 0 radical (unpaired) electrons. The Morgan fingerprint density at radius 1 is 1.32 bits per heavy atom. The van der Waals surface area contributed by atoms with E-state index in [0.29, 0.717) is 12.5 Å². The number of β-amino-alcohol motifs (C(OH)–C–C–N with tert-alkyl or cyclic N) is 1. The van der Waals surface area contributed by atoms with Gasteiger partial charge in [0.25, 0.3) is 5.91 Å². The molecule has 1 fully saturated rings. The smallest absolute Gasteiger partial charge is 0.252 e. The summed E-state index contributed by atoms with van der Waals surface area (Å²) in [6.07, 6.45) is 2.12. The molecule has 0 atom stereocenters. The summed E-state index contributed by atoms with van der Waals surface area (Å²) in [7, 11) is 0. The van der Waals surface area contributed by atoms with Crippen molar-refractivity contribution in [3.8, 4) is 0 Å². The van der Waals surface area contributed by atoms with Crippen molar-refractivity contribution >= 4 is 17.7 Å². The minimum absolute atomic E-state index is 0.0142. The van der Waals surface area contributed by atoms with Crippen LogP contribution in [0.3, 0.4) is 0 Å². The molecular formula is C21H29N3O3S. The van der Waals surface area contributed by atoms with E-state index >= 15 is 0 Å². The number of nitrogens with zero attached hydrogens (tertiary/aromatic N) is 2. The third-order valence-corrected chi connectivity index (χ3v) is 6.46. The first-order valence-electron chi connectivity index (χ1n) is 9.83. The van der Waals surface area contributed by atoms with Gasteiger partial charge in [-0.05, 0) is 57.8 Å². The summed E-state index contributed by atoms with van der Waals surface area (Å²) >= 11 is 1.64. The number of nitrogens with one attached hydrogen (secondary N) is 1. The van der Waals surface area contributed by atoms with Crippen LogP contribution in [0, 0.1) is 19.8 Å². The zero-order valence-electron chi connectivity index (χ0n) is 16.6. The maximum absolute atomic E-state index is 12.8. The van der Waals surface area contributed by atoms with Crippen molar-refractivity contribution in [1.82, 2.24) is 15.4 Å². The summed E-state index contributed by atoms with van der Waals surface area (Å²) in [4.78, 5) is 16.0. The van der Waals surface area contributed by atoms with Crippen LogP contribution in [0.2, 0.25) is 0 Å². The van der Waals surface area contributed by atoms with E-state index in [0.717, 1.165) is 65.7 Å². The third-order valence-electron chi connectivity index (χ3n) is 5.36. The Bertz CT molecular complexity index is 765. The molecule has 1 aromatic carbocycles. The van der Waals surface area contributed by atoms with Crippen LogP contribution >= 0.6 is 11.8 Å². The fourth-order valence-electron chi connectivity index (χ4n) is 3.53. The molecule has 0 bridgehead atoms. The molecule has 1 aliphatic heterocycles. The van der Waals surface area contributed by atoms with Gasteiger partial charge >= 0.3 is 0 Å². The summed E-state index contributed by atoms with van der Waals surface area (Å²) in [6.45, 7) is 7.50. The molecule has 3 rings (SSSR count). The molecule has 7 heteroatoms. The first kappa shape index (κ1) is 20.9. The van der Waals surface area contributed by atoms with Crippen LogP contribution in [0.25, 0.3) is 0 Å². The molecule has 0 spiro atoms. The molecule has 2 N–H and O–H groups in total. The highest BCUT2D eigenvalue weighted by Crippen LogP contribution is 2.29. The summed E-state index contributed by atoms with van der Waals surface area (Å²) in [5, 5.41) is 16.2. The van der Waals surface area contributed by atoms with Crippen LogP contribution in [0.15, 0.2) is 33.7 Å². The second-order valence-electron chi connectivity index (χ2n) is 7.31. The fraction of sp³-hybridized carbons (Fsp3) is 0.524. The minimum atomic E-state index is -0.0142. The Hall–Kier alpha value is -1.83. The third kappa shape index (κ3) is 5.37. The van der Waals surface area contributed by atoms with E-state index in [4.69, 9.17) is 9.63 Å². The number of aliphatic hydroxyl groups excluding tert-OH is 1. The molecule has 1 saturated heterocycles. The Kier molecular flexibility index (Phi) is 7.53. The number of carbonyl (C=O) groups excluding carboxylic acids is 1. The van der Waals surface area contributed by atoms with Gasteiger partial charge < -0.3 is 19.8 Å². The van der Waals surface area contributed by atoms with Crippen LogP contribution in [0.5, 0.6) is 0 Å². The number of benzene rings is 1. The number of hydrogen-bond donors (Lipinski definition) is 2. The van der Waals surface area contributed by atoms with Crippen molar-refractivity contribution in [3.63, 3.8) is 0 Å². The largest absolute Gasteiger partial charge is 0.395 e. The summed E-state index contributed by atoms with van der Waals surface area (Å²) < 4.78 is 5.23. The summed E-state index contributed by atoms with van der Waals surface area (Å²) in [5.41, 5.74) is 2.71.